The summed E-state index contributed by atoms with van der Waals surface area (Å²) in [5, 5.41) is 18.3. The molecule has 1 aromatic rings. The van der Waals surface area contributed by atoms with Crippen LogP contribution in [0.15, 0.2) is 23.3 Å². The lowest BCUT2D eigenvalue weighted by Gasteiger charge is -2.06. The fraction of sp³-hybridized carbons (Fsp3) is 0.333. The minimum Gasteiger partial charge on any atom is -0.362 e. The van der Waals surface area contributed by atoms with Crippen molar-refractivity contribution in [3.63, 3.8) is 0 Å². The van der Waals surface area contributed by atoms with E-state index in [1.54, 1.807) is 26.0 Å². The minimum absolute atomic E-state index is 0.0845. The molecule has 0 aliphatic heterocycles. The fourth-order valence-electron chi connectivity index (χ4n) is 1.43. The van der Waals surface area contributed by atoms with Gasteiger partial charge in [0.15, 0.2) is 5.11 Å². The number of hydrogen-bond acceptors (Lipinski definition) is 4. The Morgan fingerprint density at radius 3 is 2.79 bits per heavy atom. The molecule has 0 bridgehead atoms. The Morgan fingerprint density at radius 1 is 1.53 bits per heavy atom. The van der Waals surface area contributed by atoms with Gasteiger partial charge < -0.3 is 5.32 Å². The zero-order chi connectivity index (χ0) is 14.4. The highest BCUT2D eigenvalue weighted by molar-refractivity contribution is 7.80. The number of nitro groups is 1. The van der Waals surface area contributed by atoms with Gasteiger partial charge in [-0.2, -0.15) is 5.10 Å². The first-order valence-corrected chi connectivity index (χ1v) is 6.20. The van der Waals surface area contributed by atoms with Gasteiger partial charge in [0.25, 0.3) is 5.69 Å². The molecule has 0 aliphatic carbocycles. The minimum atomic E-state index is -0.400. The Bertz CT molecular complexity index is 528. The summed E-state index contributed by atoms with van der Waals surface area (Å²) in [5.74, 6) is 0. The summed E-state index contributed by atoms with van der Waals surface area (Å²) >= 11 is 4.97. The van der Waals surface area contributed by atoms with E-state index in [1.165, 1.54) is 6.07 Å². The van der Waals surface area contributed by atoms with Crippen molar-refractivity contribution in [3.05, 3.63) is 39.4 Å². The van der Waals surface area contributed by atoms with E-state index in [2.05, 4.69) is 15.8 Å². The molecule has 0 atom stereocenters. The van der Waals surface area contributed by atoms with E-state index in [4.69, 9.17) is 12.2 Å². The van der Waals surface area contributed by atoms with Gasteiger partial charge in [-0.05, 0) is 33.0 Å². The molecule has 19 heavy (non-hydrogen) atoms. The Morgan fingerprint density at radius 2 is 2.21 bits per heavy atom. The van der Waals surface area contributed by atoms with Crippen LogP contribution in [0.4, 0.5) is 5.69 Å². The van der Waals surface area contributed by atoms with E-state index < -0.39 is 4.92 Å². The molecule has 0 saturated carbocycles. The summed E-state index contributed by atoms with van der Waals surface area (Å²) in [7, 11) is 0. The standard InChI is InChI=1S/C12H16N4O2S/c1-4-13-12(19)15-14-9(3)10-6-5-8(2)11(7-10)16(17)18/h5-7H,4H2,1-3H3,(H2,13,15,19)/b14-9-. The van der Waals surface area contributed by atoms with Crippen LogP contribution in [0.2, 0.25) is 0 Å². The van der Waals surface area contributed by atoms with Gasteiger partial charge in [-0.3, -0.25) is 15.5 Å². The number of rotatable bonds is 4. The number of hydrogen-bond donors (Lipinski definition) is 2. The van der Waals surface area contributed by atoms with Crippen molar-refractivity contribution < 1.29 is 4.92 Å². The molecule has 0 heterocycles. The van der Waals surface area contributed by atoms with Gasteiger partial charge >= 0.3 is 0 Å². The third-order valence-electron chi connectivity index (χ3n) is 2.49. The van der Waals surface area contributed by atoms with Gasteiger partial charge in [-0.1, -0.05) is 12.1 Å². The van der Waals surface area contributed by atoms with Crippen LogP contribution in [-0.4, -0.2) is 22.3 Å². The highest BCUT2D eigenvalue weighted by Gasteiger charge is 2.12. The second kappa shape index (κ2) is 6.79. The topological polar surface area (TPSA) is 79.6 Å². The SMILES string of the molecule is CCNC(=S)N/N=C(/C)c1ccc(C)c([N+](=O)[O-])c1. The number of nitrogens with one attached hydrogen (secondary N) is 2. The molecule has 0 radical (unpaired) electrons. The van der Waals surface area contributed by atoms with Crippen LogP contribution in [0, 0.1) is 17.0 Å². The van der Waals surface area contributed by atoms with E-state index in [0.717, 1.165) is 0 Å². The molecule has 0 aliphatic rings. The van der Waals surface area contributed by atoms with Crippen LogP contribution in [0.3, 0.4) is 0 Å². The summed E-state index contributed by atoms with van der Waals surface area (Å²) in [5.41, 5.74) is 4.70. The highest BCUT2D eigenvalue weighted by Crippen LogP contribution is 2.19. The summed E-state index contributed by atoms with van der Waals surface area (Å²) in [4.78, 5) is 10.5. The van der Waals surface area contributed by atoms with E-state index in [1.807, 2.05) is 6.92 Å². The number of aryl methyl sites for hydroxylation is 1. The fourth-order valence-corrected chi connectivity index (χ4v) is 1.62. The summed E-state index contributed by atoms with van der Waals surface area (Å²) in [6.45, 7) is 6.09. The van der Waals surface area contributed by atoms with Crippen molar-refractivity contribution >= 4 is 28.7 Å². The maximum atomic E-state index is 10.9. The largest absolute Gasteiger partial charge is 0.362 e. The molecule has 6 nitrogen and oxygen atoms in total. The lowest BCUT2D eigenvalue weighted by atomic mass is 10.1. The van der Waals surface area contributed by atoms with E-state index in [0.29, 0.717) is 28.5 Å². The van der Waals surface area contributed by atoms with Crippen LogP contribution >= 0.6 is 12.2 Å². The second-order valence-electron chi connectivity index (χ2n) is 3.93. The quantitative estimate of drug-likeness (QED) is 0.382. The smallest absolute Gasteiger partial charge is 0.272 e. The number of nitro benzene ring substituents is 1. The summed E-state index contributed by atoms with van der Waals surface area (Å²) in [6, 6.07) is 5.00. The summed E-state index contributed by atoms with van der Waals surface area (Å²) in [6.07, 6.45) is 0. The first-order valence-electron chi connectivity index (χ1n) is 5.79. The van der Waals surface area contributed by atoms with E-state index in [-0.39, 0.29) is 5.69 Å². The molecule has 1 aromatic carbocycles. The van der Waals surface area contributed by atoms with Gasteiger partial charge in [-0.25, -0.2) is 0 Å². The van der Waals surface area contributed by atoms with Crippen molar-refractivity contribution in [1.82, 2.24) is 10.7 Å². The molecule has 0 saturated heterocycles. The highest BCUT2D eigenvalue weighted by atomic mass is 32.1. The molecule has 0 spiro atoms. The average Bonchev–Trinajstić information content (AvgIpc) is 2.36. The zero-order valence-corrected chi connectivity index (χ0v) is 11.9. The van der Waals surface area contributed by atoms with Gasteiger partial charge in [-0.15, -0.1) is 0 Å². The Balaban J connectivity index is 2.91. The Kier molecular flexibility index (Phi) is 5.37. The maximum Gasteiger partial charge on any atom is 0.272 e. The number of thiocarbonyl (C=S) groups is 1. The monoisotopic (exact) mass is 280 g/mol. The third kappa shape index (κ3) is 4.29. The first-order chi connectivity index (χ1) is 8.95. The van der Waals surface area contributed by atoms with Crippen LogP contribution < -0.4 is 10.7 Å². The van der Waals surface area contributed by atoms with Crippen molar-refractivity contribution in [2.75, 3.05) is 6.54 Å². The van der Waals surface area contributed by atoms with Gasteiger partial charge in [0, 0.05) is 23.7 Å². The first kappa shape index (κ1) is 15.0. The molecule has 1 rings (SSSR count). The Hall–Kier alpha value is -2.02. The zero-order valence-electron chi connectivity index (χ0n) is 11.1. The second-order valence-corrected chi connectivity index (χ2v) is 4.34. The van der Waals surface area contributed by atoms with E-state index >= 15 is 0 Å². The summed E-state index contributed by atoms with van der Waals surface area (Å²) < 4.78 is 0. The predicted molar refractivity (Wildman–Crippen MR) is 79.5 cm³/mol. The molecule has 0 fully saturated rings. The van der Waals surface area contributed by atoms with Crippen molar-refractivity contribution in [2.24, 2.45) is 5.10 Å². The van der Waals surface area contributed by atoms with E-state index in [9.17, 15) is 10.1 Å². The number of benzene rings is 1. The van der Waals surface area contributed by atoms with Crippen LogP contribution in [-0.2, 0) is 0 Å². The number of hydrazone groups is 1. The van der Waals surface area contributed by atoms with Gasteiger partial charge in [0.1, 0.15) is 0 Å². The molecular formula is C12H16N4O2S. The van der Waals surface area contributed by atoms with Crippen molar-refractivity contribution in [1.29, 1.82) is 0 Å². The molecular weight excluding hydrogens is 264 g/mol. The van der Waals surface area contributed by atoms with Crippen LogP contribution in [0.1, 0.15) is 25.0 Å². The van der Waals surface area contributed by atoms with Gasteiger partial charge in [0.05, 0.1) is 10.6 Å². The molecule has 0 aromatic heterocycles. The molecule has 0 amide bonds. The van der Waals surface area contributed by atoms with Crippen molar-refractivity contribution in [3.8, 4) is 0 Å². The van der Waals surface area contributed by atoms with Crippen molar-refractivity contribution in [2.45, 2.75) is 20.8 Å². The molecule has 0 unspecified atom stereocenters. The third-order valence-corrected chi connectivity index (χ3v) is 2.72. The van der Waals surface area contributed by atoms with Crippen LogP contribution in [0.25, 0.3) is 0 Å². The molecule has 7 heteroatoms. The number of nitrogens with zero attached hydrogens (tertiary/aromatic N) is 2. The molecule has 2 N–H and O–H groups in total. The normalized spacial score (nSPS) is 11.0. The lowest BCUT2D eigenvalue weighted by molar-refractivity contribution is -0.385. The lowest BCUT2D eigenvalue weighted by Crippen LogP contribution is -2.32. The Labute approximate surface area is 117 Å². The van der Waals surface area contributed by atoms with Gasteiger partial charge in [0.2, 0.25) is 0 Å². The average molecular weight is 280 g/mol. The maximum absolute atomic E-state index is 10.9. The molecule has 102 valence electrons. The van der Waals surface area contributed by atoms with Crippen LogP contribution in [0.5, 0.6) is 0 Å². The predicted octanol–water partition coefficient (Wildman–Crippen LogP) is 2.11.